The molecule has 2 heterocycles. The lowest BCUT2D eigenvalue weighted by Gasteiger charge is -2.36. The summed E-state index contributed by atoms with van der Waals surface area (Å²) in [5, 5.41) is 0. The predicted molar refractivity (Wildman–Crippen MR) is 71.2 cm³/mol. The molecule has 1 amide bonds. The fourth-order valence-electron chi connectivity index (χ4n) is 2.88. The largest absolute Gasteiger partial charge is 0.480 e. The van der Waals surface area contributed by atoms with Gasteiger partial charge in [0.05, 0.1) is 12.2 Å². The molecule has 1 saturated heterocycles. The summed E-state index contributed by atoms with van der Waals surface area (Å²) in [6, 6.07) is 7.86. The lowest BCUT2D eigenvalue weighted by atomic mass is 10.1. The van der Waals surface area contributed by atoms with Crippen molar-refractivity contribution in [3.63, 3.8) is 0 Å². The van der Waals surface area contributed by atoms with Crippen LogP contribution < -0.4 is 4.74 Å². The molecule has 2 aliphatic rings. The van der Waals surface area contributed by atoms with Gasteiger partial charge < -0.3 is 14.4 Å². The fraction of sp³-hybridized carbons (Fsp3) is 0.533. The molecule has 1 fully saturated rings. The number of benzene rings is 1. The summed E-state index contributed by atoms with van der Waals surface area (Å²) in [6.45, 7) is 5.30. The van der Waals surface area contributed by atoms with Gasteiger partial charge in [-0.25, -0.2) is 0 Å². The summed E-state index contributed by atoms with van der Waals surface area (Å²) >= 11 is 0. The molecule has 4 nitrogen and oxygen atoms in total. The second-order valence-electron chi connectivity index (χ2n) is 5.42. The average Bonchev–Trinajstić information content (AvgIpc) is 2.80. The first-order valence-electron chi connectivity index (χ1n) is 6.82. The van der Waals surface area contributed by atoms with E-state index >= 15 is 0 Å². The molecule has 1 aromatic rings. The maximum absolute atomic E-state index is 12.5. The summed E-state index contributed by atoms with van der Waals surface area (Å²) in [5.41, 5.74) is 1.12. The van der Waals surface area contributed by atoms with Gasteiger partial charge >= 0.3 is 0 Å². The van der Waals surface area contributed by atoms with Gasteiger partial charge in [-0.2, -0.15) is 0 Å². The zero-order chi connectivity index (χ0) is 13.4. The first-order chi connectivity index (χ1) is 9.13. The van der Waals surface area contributed by atoms with Crippen molar-refractivity contribution in [1.82, 2.24) is 4.90 Å². The minimum Gasteiger partial charge on any atom is -0.480 e. The topological polar surface area (TPSA) is 38.8 Å². The normalized spacial score (nSPS) is 29.8. The molecule has 19 heavy (non-hydrogen) atoms. The van der Waals surface area contributed by atoms with E-state index in [4.69, 9.17) is 9.47 Å². The van der Waals surface area contributed by atoms with Crippen LogP contribution in [0, 0.1) is 0 Å². The molecule has 0 spiro atoms. The van der Waals surface area contributed by atoms with Crippen LogP contribution in [0.15, 0.2) is 24.3 Å². The van der Waals surface area contributed by atoms with Gasteiger partial charge in [-0.1, -0.05) is 18.2 Å². The van der Waals surface area contributed by atoms with Crippen molar-refractivity contribution in [2.75, 3.05) is 13.1 Å². The maximum Gasteiger partial charge on any atom is 0.264 e. The molecule has 102 valence electrons. The quantitative estimate of drug-likeness (QED) is 0.771. The molecule has 4 heteroatoms. The van der Waals surface area contributed by atoms with E-state index in [1.165, 1.54) is 0 Å². The standard InChI is InChI=1S/C15H19NO3/c1-10-8-16(9-11(2)18-10)15(17)14-7-12-5-3-4-6-13(12)19-14/h3-6,10-11,14H,7-9H2,1-2H3. The van der Waals surface area contributed by atoms with Crippen LogP contribution >= 0.6 is 0 Å². The van der Waals surface area contributed by atoms with Crippen LogP contribution in [0.3, 0.4) is 0 Å². The molecule has 0 aliphatic carbocycles. The number of hydrogen-bond donors (Lipinski definition) is 0. The van der Waals surface area contributed by atoms with Gasteiger partial charge in [0, 0.05) is 19.5 Å². The Balaban J connectivity index is 1.69. The minimum absolute atomic E-state index is 0.0817. The smallest absolute Gasteiger partial charge is 0.264 e. The Kier molecular flexibility index (Phi) is 3.19. The van der Waals surface area contributed by atoms with E-state index < -0.39 is 0 Å². The van der Waals surface area contributed by atoms with Crippen molar-refractivity contribution in [1.29, 1.82) is 0 Å². The van der Waals surface area contributed by atoms with Crippen LogP contribution in [0.1, 0.15) is 19.4 Å². The van der Waals surface area contributed by atoms with Gasteiger partial charge in [0.15, 0.2) is 6.10 Å². The maximum atomic E-state index is 12.5. The zero-order valence-corrected chi connectivity index (χ0v) is 11.3. The van der Waals surface area contributed by atoms with E-state index in [0.29, 0.717) is 19.5 Å². The Hall–Kier alpha value is -1.55. The molecular weight excluding hydrogens is 242 g/mol. The lowest BCUT2D eigenvalue weighted by molar-refractivity contribution is -0.149. The van der Waals surface area contributed by atoms with E-state index in [1.54, 1.807) is 0 Å². The van der Waals surface area contributed by atoms with Gasteiger partial charge in [-0.05, 0) is 25.5 Å². The molecule has 0 saturated carbocycles. The summed E-state index contributed by atoms with van der Waals surface area (Å²) < 4.78 is 11.4. The number of fused-ring (bicyclic) bond motifs is 1. The van der Waals surface area contributed by atoms with E-state index in [-0.39, 0.29) is 24.2 Å². The lowest BCUT2D eigenvalue weighted by Crippen LogP contribution is -2.52. The van der Waals surface area contributed by atoms with Gasteiger partial charge in [0.2, 0.25) is 0 Å². The number of hydrogen-bond acceptors (Lipinski definition) is 3. The van der Waals surface area contributed by atoms with Crippen molar-refractivity contribution in [3.05, 3.63) is 29.8 Å². The van der Waals surface area contributed by atoms with E-state index in [2.05, 4.69) is 0 Å². The Morgan fingerprint density at radius 1 is 1.21 bits per heavy atom. The highest BCUT2D eigenvalue weighted by atomic mass is 16.5. The summed E-state index contributed by atoms with van der Waals surface area (Å²) in [6.07, 6.45) is 0.498. The zero-order valence-electron chi connectivity index (χ0n) is 11.3. The Labute approximate surface area is 113 Å². The van der Waals surface area contributed by atoms with E-state index in [9.17, 15) is 4.79 Å². The van der Waals surface area contributed by atoms with E-state index in [1.807, 2.05) is 43.0 Å². The third-order valence-corrected chi connectivity index (χ3v) is 3.65. The van der Waals surface area contributed by atoms with Crippen molar-refractivity contribution in [2.45, 2.75) is 38.6 Å². The Morgan fingerprint density at radius 2 is 1.89 bits per heavy atom. The number of carbonyl (C=O) groups is 1. The predicted octanol–water partition coefficient (Wildman–Crippen LogP) is 1.63. The summed E-state index contributed by atoms with van der Waals surface area (Å²) in [7, 11) is 0. The molecule has 3 atom stereocenters. The third-order valence-electron chi connectivity index (χ3n) is 3.65. The van der Waals surface area contributed by atoms with E-state index in [0.717, 1.165) is 11.3 Å². The summed E-state index contributed by atoms with van der Waals surface area (Å²) in [4.78, 5) is 14.4. The van der Waals surface area contributed by atoms with Gasteiger partial charge in [-0.15, -0.1) is 0 Å². The highest BCUT2D eigenvalue weighted by Crippen LogP contribution is 2.29. The van der Waals surface area contributed by atoms with Gasteiger partial charge in [0.25, 0.3) is 5.91 Å². The van der Waals surface area contributed by atoms with Gasteiger partial charge in [0.1, 0.15) is 5.75 Å². The average molecular weight is 261 g/mol. The van der Waals surface area contributed by atoms with Crippen molar-refractivity contribution >= 4 is 5.91 Å². The highest BCUT2D eigenvalue weighted by Gasteiger charge is 2.35. The summed E-state index contributed by atoms with van der Waals surface area (Å²) in [5.74, 6) is 0.924. The SMILES string of the molecule is CC1CN(C(=O)C2Cc3ccccc3O2)CC(C)O1. The van der Waals surface area contributed by atoms with Crippen LogP contribution in [0.2, 0.25) is 0 Å². The molecule has 0 aromatic heterocycles. The fourth-order valence-corrected chi connectivity index (χ4v) is 2.88. The first-order valence-corrected chi connectivity index (χ1v) is 6.82. The van der Waals surface area contributed by atoms with Gasteiger partial charge in [-0.3, -0.25) is 4.79 Å². The Bertz CT molecular complexity index is 453. The van der Waals surface area contributed by atoms with Crippen molar-refractivity contribution < 1.29 is 14.3 Å². The van der Waals surface area contributed by atoms with Crippen LogP contribution in [0.25, 0.3) is 0 Å². The monoisotopic (exact) mass is 261 g/mol. The molecule has 3 unspecified atom stereocenters. The number of ether oxygens (including phenoxy) is 2. The number of amides is 1. The molecule has 1 aromatic carbocycles. The van der Waals surface area contributed by atoms with Crippen molar-refractivity contribution in [3.8, 4) is 5.75 Å². The van der Waals surface area contributed by atoms with Crippen LogP contribution in [0.5, 0.6) is 5.75 Å². The number of para-hydroxylation sites is 1. The van der Waals surface area contributed by atoms with Crippen molar-refractivity contribution in [2.24, 2.45) is 0 Å². The second kappa shape index (κ2) is 4.85. The minimum atomic E-state index is -0.366. The van der Waals surface area contributed by atoms with Crippen LogP contribution in [-0.2, 0) is 16.0 Å². The first kappa shape index (κ1) is 12.5. The third kappa shape index (κ3) is 2.45. The number of nitrogens with zero attached hydrogens (tertiary/aromatic N) is 1. The molecule has 0 N–H and O–H groups in total. The molecule has 0 radical (unpaired) electrons. The molecular formula is C15H19NO3. The molecule has 2 aliphatic heterocycles. The number of morpholine rings is 1. The molecule has 0 bridgehead atoms. The number of rotatable bonds is 1. The number of carbonyl (C=O) groups excluding carboxylic acids is 1. The molecule has 3 rings (SSSR count). The van der Waals surface area contributed by atoms with Crippen LogP contribution in [-0.4, -0.2) is 42.2 Å². The van der Waals surface area contributed by atoms with Crippen LogP contribution in [0.4, 0.5) is 0 Å². The Morgan fingerprint density at radius 3 is 2.58 bits per heavy atom. The highest BCUT2D eigenvalue weighted by molar-refractivity contribution is 5.82. The second-order valence-corrected chi connectivity index (χ2v) is 5.42.